The van der Waals surface area contributed by atoms with Gasteiger partial charge in [-0.1, -0.05) is 13.8 Å². The molecule has 2 N–H and O–H groups in total. The van der Waals surface area contributed by atoms with Crippen LogP contribution < -0.4 is 5.73 Å². The number of Topliss-reactive ketones (excluding diaryl/α,β-unsaturated/α-hetero) is 1. The predicted octanol–water partition coefficient (Wildman–Crippen LogP) is 1.64. The Morgan fingerprint density at radius 1 is 1.53 bits per heavy atom. The largest absolute Gasteiger partial charge is 0.335 e. The van der Waals surface area contributed by atoms with Crippen molar-refractivity contribution in [3.05, 3.63) is 18.2 Å². The molecule has 1 aromatic heterocycles. The number of aryl methyl sites for hydroxylation is 1. The fourth-order valence-corrected chi connectivity index (χ4v) is 2.02. The summed E-state index contributed by atoms with van der Waals surface area (Å²) in [5.74, 6) is 1.53. The molecule has 1 heterocycles. The van der Waals surface area contributed by atoms with Crippen molar-refractivity contribution >= 4 is 5.78 Å². The van der Waals surface area contributed by atoms with Gasteiger partial charge < -0.3 is 10.3 Å². The van der Waals surface area contributed by atoms with Crippen molar-refractivity contribution in [2.75, 3.05) is 6.54 Å². The fourth-order valence-electron chi connectivity index (χ4n) is 2.02. The van der Waals surface area contributed by atoms with Crippen molar-refractivity contribution in [3.63, 3.8) is 0 Å². The Kier molecular flexibility index (Phi) is 5.35. The van der Waals surface area contributed by atoms with Crippen LogP contribution in [0.25, 0.3) is 0 Å². The summed E-state index contributed by atoms with van der Waals surface area (Å²) in [5, 5.41) is 0. The average molecular weight is 237 g/mol. The van der Waals surface area contributed by atoms with Gasteiger partial charge in [0.1, 0.15) is 11.6 Å². The van der Waals surface area contributed by atoms with E-state index in [0.717, 1.165) is 18.8 Å². The molecule has 4 heteroatoms. The molecule has 1 unspecified atom stereocenters. The third-order valence-corrected chi connectivity index (χ3v) is 2.97. The van der Waals surface area contributed by atoms with Gasteiger partial charge in [-0.05, 0) is 19.3 Å². The highest BCUT2D eigenvalue weighted by atomic mass is 16.1. The molecular weight excluding hydrogens is 214 g/mol. The molecule has 0 saturated carbocycles. The minimum Gasteiger partial charge on any atom is -0.335 e. The van der Waals surface area contributed by atoms with Crippen molar-refractivity contribution in [2.24, 2.45) is 17.6 Å². The smallest absolute Gasteiger partial charge is 0.144 e. The van der Waals surface area contributed by atoms with Gasteiger partial charge in [-0.2, -0.15) is 0 Å². The Bertz CT molecular complexity index is 357. The Morgan fingerprint density at radius 2 is 2.24 bits per heavy atom. The highest BCUT2D eigenvalue weighted by Crippen LogP contribution is 2.14. The van der Waals surface area contributed by atoms with Gasteiger partial charge in [0.15, 0.2) is 0 Å². The minimum absolute atomic E-state index is 0.0305. The number of imidazole rings is 1. The summed E-state index contributed by atoms with van der Waals surface area (Å²) in [6, 6.07) is 0. The number of ketones is 1. The van der Waals surface area contributed by atoms with Gasteiger partial charge in [-0.25, -0.2) is 4.98 Å². The van der Waals surface area contributed by atoms with E-state index >= 15 is 0 Å². The maximum absolute atomic E-state index is 12.1. The zero-order chi connectivity index (χ0) is 12.8. The summed E-state index contributed by atoms with van der Waals surface area (Å²) in [7, 11) is 0. The van der Waals surface area contributed by atoms with Crippen LogP contribution in [0.4, 0.5) is 0 Å². The normalized spacial score (nSPS) is 13.0. The molecule has 1 rings (SSSR count). The molecule has 0 saturated heterocycles. The first kappa shape index (κ1) is 13.9. The number of hydrogen-bond acceptors (Lipinski definition) is 3. The Morgan fingerprint density at radius 3 is 2.76 bits per heavy atom. The highest BCUT2D eigenvalue weighted by molar-refractivity contribution is 5.82. The second kappa shape index (κ2) is 6.55. The number of rotatable bonds is 7. The van der Waals surface area contributed by atoms with Crippen molar-refractivity contribution < 1.29 is 4.79 Å². The van der Waals surface area contributed by atoms with Crippen molar-refractivity contribution in [1.29, 1.82) is 0 Å². The van der Waals surface area contributed by atoms with Gasteiger partial charge in [0.25, 0.3) is 0 Å². The van der Waals surface area contributed by atoms with Gasteiger partial charge in [-0.3, -0.25) is 4.79 Å². The molecule has 17 heavy (non-hydrogen) atoms. The molecule has 0 bridgehead atoms. The summed E-state index contributed by atoms with van der Waals surface area (Å²) in [6.45, 7) is 7.56. The molecule has 0 fully saturated rings. The summed E-state index contributed by atoms with van der Waals surface area (Å²) in [5.41, 5.74) is 5.67. The van der Waals surface area contributed by atoms with Crippen LogP contribution in [0.1, 0.15) is 33.0 Å². The summed E-state index contributed by atoms with van der Waals surface area (Å²) < 4.78 is 2.00. The lowest BCUT2D eigenvalue weighted by Crippen LogP contribution is -2.27. The standard InChI is InChI=1S/C13H23N3O/c1-4-16-6-5-15-13(16)8-12(17)11(9-14)7-10(2)3/h5-6,10-11H,4,7-9,14H2,1-3H3. The Balaban J connectivity index is 2.64. The van der Waals surface area contributed by atoms with Crippen LogP contribution in [0.15, 0.2) is 12.4 Å². The number of carbonyl (C=O) groups is 1. The Hall–Kier alpha value is -1.16. The highest BCUT2D eigenvalue weighted by Gasteiger charge is 2.19. The van der Waals surface area contributed by atoms with Crippen molar-refractivity contribution in [2.45, 2.75) is 40.2 Å². The van der Waals surface area contributed by atoms with E-state index in [-0.39, 0.29) is 11.7 Å². The molecule has 1 aromatic rings. The van der Waals surface area contributed by atoms with Gasteiger partial charge in [0.05, 0.1) is 6.42 Å². The number of hydrogen-bond donors (Lipinski definition) is 1. The van der Waals surface area contributed by atoms with E-state index in [2.05, 4.69) is 18.8 Å². The Labute approximate surface area is 103 Å². The van der Waals surface area contributed by atoms with Crippen LogP contribution in [-0.4, -0.2) is 21.9 Å². The van der Waals surface area contributed by atoms with E-state index in [0.29, 0.717) is 18.9 Å². The van der Waals surface area contributed by atoms with Crippen LogP contribution in [0.3, 0.4) is 0 Å². The number of nitrogens with zero attached hydrogens (tertiary/aromatic N) is 2. The van der Waals surface area contributed by atoms with E-state index in [4.69, 9.17) is 5.73 Å². The molecule has 0 aromatic carbocycles. The number of nitrogens with two attached hydrogens (primary N) is 1. The molecule has 0 aliphatic carbocycles. The summed E-state index contributed by atoms with van der Waals surface area (Å²) in [4.78, 5) is 16.3. The van der Waals surface area contributed by atoms with Crippen LogP contribution >= 0.6 is 0 Å². The molecule has 96 valence electrons. The second-order valence-electron chi connectivity index (χ2n) is 4.83. The third kappa shape index (κ3) is 3.97. The summed E-state index contributed by atoms with van der Waals surface area (Å²) in [6.07, 6.45) is 4.91. The monoisotopic (exact) mass is 237 g/mol. The van der Waals surface area contributed by atoms with Gasteiger partial charge in [-0.15, -0.1) is 0 Å². The molecule has 0 aliphatic rings. The maximum Gasteiger partial charge on any atom is 0.144 e. The molecule has 0 spiro atoms. The number of aromatic nitrogens is 2. The van der Waals surface area contributed by atoms with Crippen LogP contribution in [0, 0.1) is 11.8 Å². The van der Waals surface area contributed by atoms with E-state index in [1.54, 1.807) is 6.20 Å². The zero-order valence-corrected chi connectivity index (χ0v) is 11.0. The summed E-state index contributed by atoms with van der Waals surface area (Å²) >= 11 is 0. The molecular formula is C13H23N3O. The lowest BCUT2D eigenvalue weighted by atomic mass is 9.92. The molecule has 0 radical (unpaired) electrons. The van der Waals surface area contributed by atoms with Gasteiger partial charge in [0, 0.05) is 31.4 Å². The quantitative estimate of drug-likeness (QED) is 0.784. The molecule has 0 amide bonds. The average Bonchev–Trinajstić information content (AvgIpc) is 2.72. The topological polar surface area (TPSA) is 60.9 Å². The van der Waals surface area contributed by atoms with E-state index in [1.165, 1.54) is 0 Å². The van der Waals surface area contributed by atoms with Crippen molar-refractivity contribution in [1.82, 2.24) is 9.55 Å². The SMILES string of the molecule is CCn1ccnc1CC(=O)C(CN)CC(C)C. The first-order valence-electron chi connectivity index (χ1n) is 6.31. The van der Waals surface area contributed by atoms with Crippen LogP contribution in [-0.2, 0) is 17.8 Å². The maximum atomic E-state index is 12.1. The van der Waals surface area contributed by atoms with Crippen molar-refractivity contribution in [3.8, 4) is 0 Å². The van der Waals surface area contributed by atoms with Gasteiger partial charge in [0.2, 0.25) is 0 Å². The molecule has 4 nitrogen and oxygen atoms in total. The lowest BCUT2D eigenvalue weighted by Gasteiger charge is -2.15. The first-order chi connectivity index (χ1) is 8.08. The van der Waals surface area contributed by atoms with Crippen LogP contribution in [0.2, 0.25) is 0 Å². The zero-order valence-electron chi connectivity index (χ0n) is 11.0. The third-order valence-electron chi connectivity index (χ3n) is 2.97. The molecule has 1 atom stereocenters. The fraction of sp³-hybridized carbons (Fsp3) is 0.692. The van der Waals surface area contributed by atoms with E-state index in [1.807, 2.05) is 17.7 Å². The second-order valence-corrected chi connectivity index (χ2v) is 4.83. The predicted molar refractivity (Wildman–Crippen MR) is 68.6 cm³/mol. The van der Waals surface area contributed by atoms with Gasteiger partial charge >= 0.3 is 0 Å². The van der Waals surface area contributed by atoms with E-state index < -0.39 is 0 Å². The first-order valence-corrected chi connectivity index (χ1v) is 6.31. The van der Waals surface area contributed by atoms with E-state index in [9.17, 15) is 4.79 Å². The van der Waals surface area contributed by atoms with Crippen LogP contribution in [0.5, 0.6) is 0 Å². The molecule has 0 aliphatic heterocycles. The number of carbonyl (C=O) groups excluding carboxylic acids is 1. The minimum atomic E-state index is -0.0305. The lowest BCUT2D eigenvalue weighted by molar-refractivity contribution is -0.122.